The molecule has 0 atom stereocenters. The number of carbonyl (C=O) groups excluding carboxylic acids is 3. The Morgan fingerprint density at radius 2 is 1.24 bits per heavy atom. The summed E-state index contributed by atoms with van der Waals surface area (Å²) in [5.41, 5.74) is 5.22. The number of anilines is 1. The third-order valence-electron chi connectivity index (χ3n) is 7.32. The number of piperidine rings is 1. The van der Waals surface area contributed by atoms with Crippen molar-refractivity contribution in [1.29, 1.82) is 0 Å². The smallest absolute Gasteiger partial charge is 0.193 e. The molecule has 192 valence electrons. The fourth-order valence-electron chi connectivity index (χ4n) is 4.82. The molecule has 0 aliphatic carbocycles. The van der Waals surface area contributed by atoms with E-state index >= 15 is 0 Å². The van der Waals surface area contributed by atoms with Gasteiger partial charge in [-0.05, 0) is 54.2 Å². The Hall–Kier alpha value is -4.32. The van der Waals surface area contributed by atoms with E-state index in [0.29, 0.717) is 22.3 Å². The lowest BCUT2D eigenvalue weighted by atomic mass is 9.97. The summed E-state index contributed by atoms with van der Waals surface area (Å²) in [5, 5.41) is 6.44. The molecular weight excluding hydrogens is 474 g/mol. The summed E-state index contributed by atoms with van der Waals surface area (Å²) in [4.78, 5) is 40.4. The van der Waals surface area contributed by atoms with Gasteiger partial charge in [-0.25, -0.2) is 0 Å². The fourth-order valence-corrected chi connectivity index (χ4v) is 4.82. The number of aromatic nitrogens is 2. The number of ketones is 3. The van der Waals surface area contributed by atoms with Crippen LogP contribution in [0.25, 0.3) is 0 Å². The molecule has 1 saturated heterocycles. The van der Waals surface area contributed by atoms with E-state index in [1.807, 2.05) is 36.4 Å². The minimum Gasteiger partial charge on any atom is -0.372 e. The van der Waals surface area contributed by atoms with Gasteiger partial charge in [-0.2, -0.15) is 5.10 Å². The maximum Gasteiger partial charge on any atom is 0.193 e. The average Bonchev–Trinajstić information content (AvgIpc) is 3.50. The molecule has 2 heterocycles. The molecule has 6 nitrogen and oxygen atoms in total. The van der Waals surface area contributed by atoms with Crippen LogP contribution in [0.1, 0.15) is 67.5 Å². The number of Topliss-reactive ketones (excluding diaryl/α,β-unsaturated/α-hetero) is 2. The molecule has 0 spiro atoms. The zero-order chi connectivity index (χ0) is 26.5. The largest absolute Gasteiger partial charge is 0.372 e. The lowest BCUT2D eigenvalue weighted by Crippen LogP contribution is -2.32. The Balaban J connectivity index is 1.17. The van der Waals surface area contributed by atoms with Gasteiger partial charge in [0.1, 0.15) is 0 Å². The molecule has 0 unspecified atom stereocenters. The normalized spacial score (nSPS) is 13.9. The maximum atomic E-state index is 13.0. The van der Waals surface area contributed by atoms with Crippen LogP contribution in [-0.4, -0.2) is 40.6 Å². The third-order valence-corrected chi connectivity index (χ3v) is 7.32. The molecule has 5 rings (SSSR count). The predicted molar refractivity (Wildman–Crippen MR) is 148 cm³/mol. The number of benzene rings is 3. The highest BCUT2D eigenvalue weighted by Gasteiger charge is 2.17. The van der Waals surface area contributed by atoms with E-state index < -0.39 is 0 Å². The van der Waals surface area contributed by atoms with Gasteiger partial charge < -0.3 is 4.90 Å². The second-order valence-corrected chi connectivity index (χ2v) is 10.1. The van der Waals surface area contributed by atoms with Crippen molar-refractivity contribution in [3.8, 4) is 0 Å². The maximum absolute atomic E-state index is 13.0. The molecule has 1 aliphatic rings. The zero-order valence-electron chi connectivity index (χ0n) is 21.5. The second-order valence-electron chi connectivity index (χ2n) is 10.1. The SMILES string of the molecule is CC1CCN(c2ccc(C(=O)Cc3ccc(C(=O)c4ccc(CC(=O)c5cn[nH]c5)cc4)cc3)cc2)CC1. The van der Waals surface area contributed by atoms with Crippen LogP contribution in [0, 0.1) is 5.92 Å². The topological polar surface area (TPSA) is 83.1 Å². The molecule has 1 aromatic heterocycles. The first-order chi connectivity index (χ1) is 18.5. The summed E-state index contributed by atoms with van der Waals surface area (Å²) in [7, 11) is 0. The number of aromatic amines is 1. The Bertz CT molecular complexity index is 1400. The number of nitrogens with zero attached hydrogens (tertiary/aromatic N) is 2. The van der Waals surface area contributed by atoms with Crippen LogP contribution in [0.4, 0.5) is 5.69 Å². The van der Waals surface area contributed by atoms with Gasteiger partial charge in [0.25, 0.3) is 0 Å². The van der Waals surface area contributed by atoms with Crippen LogP contribution >= 0.6 is 0 Å². The van der Waals surface area contributed by atoms with E-state index in [9.17, 15) is 14.4 Å². The first-order valence-electron chi connectivity index (χ1n) is 13.1. The third kappa shape index (κ3) is 5.97. The van der Waals surface area contributed by atoms with E-state index in [4.69, 9.17) is 0 Å². The van der Waals surface area contributed by atoms with Crippen LogP contribution in [0.15, 0.2) is 85.2 Å². The molecule has 3 aromatic carbocycles. The van der Waals surface area contributed by atoms with E-state index in [1.165, 1.54) is 24.7 Å². The zero-order valence-corrected chi connectivity index (χ0v) is 21.5. The number of hydrogen-bond acceptors (Lipinski definition) is 5. The molecule has 1 N–H and O–H groups in total. The Morgan fingerprint density at radius 1 is 0.737 bits per heavy atom. The Kier molecular flexibility index (Phi) is 7.59. The summed E-state index contributed by atoms with van der Waals surface area (Å²) >= 11 is 0. The summed E-state index contributed by atoms with van der Waals surface area (Å²) in [6, 6.07) is 22.2. The number of hydrogen-bond donors (Lipinski definition) is 1. The molecule has 0 saturated carbocycles. The molecular formula is C32H31N3O3. The van der Waals surface area contributed by atoms with Crippen molar-refractivity contribution in [2.75, 3.05) is 18.0 Å². The van der Waals surface area contributed by atoms with Gasteiger partial charge in [-0.1, -0.05) is 55.5 Å². The van der Waals surface area contributed by atoms with Crippen molar-refractivity contribution >= 4 is 23.0 Å². The van der Waals surface area contributed by atoms with Gasteiger partial charge >= 0.3 is 0 Å². The highest BCUT2D eigenvalue weighted by atomic mass is 16.1. The van der Waals surface area contributed by atoms with Crippen molar-refractivity contribution in [2.45, 2.75) is 32.6 Å². The van der Waals surface area contributed by atoms with Crippen molar-refractivity contribution < 1.29 is 14.4 Å². The molecule has 0 radical (unpaired) electrons. The average molecular weight is 506 g/mol. The molecule has 38 heavy (non-hydrogen) atoms. The summed E-state index contributed by atoms with van der Waals surface area (Å²) in [6.45, 7) is 4.43. The molecule has 1 aliphatic heterocycles. The van der Waals surface area contributed by atoms with Crippen LogP contribution in [0.2, 0.25) is 0 Å². The van der Waals surface area contributed by atoms with Crippen molar-refractivity contribution in [1.82, 2.24) is 10.2 Å². The van der Waals surface area contributed by atoms with Gasteiger partial charge in [0.05, 0.1) is 11.8 Å². The molecule has 0 bridgehead atoms. The van der Waals surface area contributed by atoms with E-state index in [1.54, 1.807) is 42.6 Å². The Labute approximate surface area is 222 Å². The van der Waals surface area contributed by atoms with Gasteiger partial charge in [0.2, 0.25) is 0 Å². The molecule has 4 aromatic rings. The van der Waals surface area contributed by atoms with Crippen LogP contribution in [0.5, 0.6) is 0 Å². The van der Waals surface area contributed by atoms with Crippen molar-refractivity contribution in [3.63, 3.8) is 0 Å². The van der Waals surface area contributed by atoms with Crippen molar-refractivity contribution in [2.24, 2.45) is 5.92 Å². The van der Waals surface area contributed by atoms with Crippen LogP contribution in [-0.2, 0) is 12.8 Å². The van der Waals surface area contributed by atoms with E-state index in [2.05, 4.69) is 22.0 Å². The van der Waals surface area contributed by atoms with E-state index in [-0.39, 0.29) is 30.2 Å². The summed E-state index contributed by atoms with van der Waals surface area (Å²) in [6.07, 6.45) is 6.02. The first-order valence-corrected chi connectivity index (χ1v) is 13.1. The van der Waals surface area contributed by atoms with Gasteiger partial charge in [0, 0.05) is 54.5 Å². The van der Waals surface area contributed by atoms with E-state index in [0.717, 1.165) is 30.1 Å². The number of H-pyrrole nitrogens is 1. The summed E-state index contributed by atoms with van der Waals surface area (Å²) in [5.74, 6) is 0.710. The highest BCUT2D eigenvalue weighted by Crippen LogP contribution is 2.24. The second kappa shape index (κ2) is 11.4. The quantitative estimate of drug-likeness (QED) is 0.294. The van der Waals surface area contributed by atoms with Crippen molar-refractivity contribution in [3.05, 3.63) is 119 Å². The molecule has 0 amide bonds. The number of rotatable bonds is 9. The molecule has 6 heteroatoms. The standard InChI is InChI=1S/C32H31N3O3/c1-22-14-16-35(17-15-22)29-12-10-25(11-13-29)30(36)18-23-2-6-26(7-3-23)32(38)27-8-4-24(5-9-27)19-31(37)28-20-33-34-21-28/h2-13,20-22H,14-19H2,1H3,(H,33,34). The van der Waals surface area contributed by atoms with Gasteiger partial charge in [0.15, 0.2) is 17.3 Å². The molecule has 1 fully saturated rings. The first kappa shape index (κ1) is 25.3. The monoisotopic (exact) mass is 505 g/mol. The Morgan fingerprint density at radius 3 is 1.74 bits per heavy atom. The number of carbonyl (C=O) groups is 3. The van der Waals surface area contributed by atoms with Gasteiger partial charge in [-0.3, -0.25) is 19.5 Å². The summed E-state index contributed by atoms with van der Waals surface area (Å²) < 4.78 is 0. The minimum atomic E-state index is -0.0988. The highest BCUT2D eigenvalue weighted by molar-refractivity contribution is 6.09. The van der Waals surface area contributed by atoms with Gasteiger partial charge in [-0.15, -0.1) is 0 Å². The lowest BCUT2D eigenvalue weighted by molar-refractivity contribution is 0.0985. The fraction of sp³-hybridized carbons (Fsp3) is 0.250. The number of nitrogens with one attached hydrogen (secondary N) is 1. The lowest BCUT2D eigenvalue weighted by Gasteiger charge is -2.32. The minimum absolute atomic E-state index is 0.0319. The van der Waals surface area contributed by atoms with Crippen LogP contribution in [0.3, 0.4) is 0 Å². The van der Waals surface area contributed by atoms with Crippen LogP contribution < -0.4 is 4.90 Å². The predicted octanol–water partition coefficient (Wildman–Crippen LogP) is 5.73.